The van der Waals surface area contributed by atoms with Gasteiger partial charge in [-0.1, -0.05) is 17.7 Å². The molecular formula is C14H11ClN2O2S2. The zero-order valence-corrected chi connectivity index (χ0v) is 13.4. The zero-order valence-electron chi connectivity index (χ0n) is 11.0. The molecule has 0 aliphatic carbocycles. The lowest BCUT2D eigenvalue weighted by molar-refractivity contribution is 0.601. The SMILES string of the molecule is Cc1ccc(S(=O)(=O)Nc2ccc3sncc3c2)c(Cl)c1. The minimum absolute atomic E-state index is 0.0679. The molecule has 4 nitrogen and oxygen atoms in total. The van der Waals surface area contributed by atoms with Gasteiger partial charge in [0.1, 0.15) is 4.90 Å². The molecular weight excluding hydrogens is 328 g/mol. The van der Waals surface area contributed by atoms with Gasteiger partial charge in [-0.15, -0.1) is 0 Å². The number of hydrogen-bond donors (Lipinski definition) is 1. The Morgan fingerprint density at radius 1 is 1.19 bits per heavy atom. The van der Waals surface area contributed by atoms with Crippen molar-refractivity contribution in [1.82, 2.24) is 4.37 Å². The molecule has 0 amide bonds. The highest BCUT2D eigenvalue weighted by Gasteiger charge is 2.18. The number of aromatic nitrogens is 1. The lowest BCUT2D eigenvalue weighted by atomic mass is 10.2. The molecule has 0 aliphatic heterocycles. The highest BCUT2D eigenvalue weighted by Crippen LogP contribution is 2.27. The van der Waals surface area contributed by atoms with Gasteiger partial charge in [-0.05, 0) is 54.4 Å². The smallest absolute Gasteiger partial charge is 0.263 e. The molecule has 0 saturated carbocycles. The normalized spacial score (nSPS) is 11.7. The van der Waals surface area contributed by atoms with Crippen LogP contribution >= 0.6 is 23.1 Å². The van der Waals surface area contributed by atoms with Gasteiger partial charge < -0.3 is 0 Å². The third-order valence-corrected chi connectivity index (χ3v) is 5.63. The fourth-order valence-corrected chi connectivity index (χ4v) is 4.25. The Kier molecular flexibility index (Phi) is 3.61. The molecule has 1 heterocycles. The number of benzene rings is 2. The maximum absolute atomic E-state index is 12.4. The number of rotatable bonds is 3. The van der Waals surface area contributed by atoms with Crippen LogP contribution in [0.15, 0.2) is 47.5 Å². The number of nitrogens with one attached hydrogen (secondary N) is 1. The molecule has 2 aromatic carbocycles. The summed E-state index contributed by atoms with van der Waals surface area (Å²) in [5.74, 6) is 0. The van der Waals surface area contributed by atoms with Crippen molar-refractivity contribution >= 4 is 48.9 Å². The van der Waals surface area contributed by atoms with E-state index in [2.05, 4.69) is 9.10 Å². The van der Waals surface area contributed by atoms with Crippen molar-refractivity contribution in [3.8, 4) is 0 Å². The number of sulfonamides is 1. The number of nitrogens with zero attached hydrogens (tertiary/aromatic N) is 1. The van der Waals surface area contributed by atoms with E-state index in [1.54, 1.807) is 30.5 Å². The Balaban J connectivity index is 1.98. The predicted octanol–water partition coefficient (Wildman–Crippen LogP) is 4.06. The molecule has 1 aromatic heterocycles. The van der Waals surface area contributed by atoms with Crippen LogP contribution in [0.1, 0.15) is 5.56 Å². The summed E-state index contributed by atoms with van der Waals surface area (Å²) in [6, 6.07) is 10.1. The summed E-state index contributed by atoms with van der Waals surface area (Å²) < 4.78 is 32.4. The summed E-state index contributed by atoms with van der Waals surface area (Å²) in [5, 5.41) is 1.11. The maximum Gasteiger partial charge on any atom is 0.263 e. The van der Waals surface area contributed by atoms with Crippen LogP contribution in [0.2, 0.25) is 5.02 Å². The third-order valence-electron chi connectivity index (χ3n) is 2.98. The van der Waals surface area contributed by atoms with Crippen molar-refractivity contribution in [3.05, 3.63) is 53.2 Å². The highest BCUT2D eigenvalue weighted by molar-refractivity contribution is 7.92. The number of anilines is 1. The number of aryl methyl sites for hydroxylation is 1. The van der Waals surface area contributed by atoms with Crippen LogP contribution in [0.4, 0.5) is 5.69 Å². The Hall–Kier alpha value is -1.63. The van der Waals surface area contributed by atoms with E-state index in [0.717, 1.165) is 15.6 Å². The fraction of sp³-hybridized carbons (Fsp3) is 0.0714. The molecule has 3 aromatic rings. The van der Waals surface area contributed by atoms with Crippen LogP contribution in [0.25, 0.3) is 10.1 Å². The number of fused-ring (bicyclic) bond motifs is 1. The first kappa shape index (κ1) is 14.3. The van der Waals surface area contributed by atoms with Crippen LogP contribution in [0.5, 0.6) is 0 Å². The summed E-state index contributed by atoms with van der Waals surface area (Å²) in [6.45, 7) is 1.85. The second-order valence-electron chi connectivity index (χ2n) is 4.62. The van der Waals surface area contributed by atoms with Crippen LogP contribution in [-0.2, 0) is 10.0 Å². The molecule has 0 radical (unpaired) electrons. The third kappa shape index (κ3) is 2.88. The van der Waals surface area contributed by atoms with E-state index in [4.69, 9.17) is 11.6 Å². The minimum Gasteiger partial charge on any atom is -0.280 e. The lowest BCUT2D eigenvalue weighted by Gasteiger charge is -2.10. The van der Waals surface area contributed by atoms with Crippen LogP contribution in [-0.4, -0.2) is 12.8 Å². The molecule has 0 atom stereocenters. The Labute approximate surface area is 131 Å². The van der Waals surface area contributed by atoms with Gasteiger partial charge in [0.05, 0.1) is 9.72 Å². The maximum atomic E-state index is 12.4. The molecule has 3 rings (SSSR count). The summed E-state index contributed by atoms with van der Waals surface area (Å²) in [7, 11) is -3.71. The molecule has 0 spiro atoms. The standard InChI is InChI=1S/C14H11ClN2O2S2/c1-9-2-5-14(12(15)6-9)21(18,19)17-11-3-4-13-10(7-11)8-16-20-13/h2-8,17H,1H3. The van der Waals surface area contributed by atoms with E-state index < -0.39 is 10.0 Å². The lowest BCUT2D eigenvalue weighted by Crippen LogP contribution is -2.13. The van der Waals surface area contributed by atoms with Gasteiger partial charge in [0.25, 0.3) is 10.0 Å². The molecule has 0 bridgehead atoms. The molecule has 0 fully saturated rings. The van der Waals surface area contributed by atoms with E-state index >= 15 is 0 Å². The number of halogens is 1. The van der Waals surface area contributed by atoms with Gasteiger partial charge in [0.15, 0.2) is 0 Å². The van der Waals surface area contributed by atoms with Gasteiger partial charge in [-0.2, -0.15) is 4.37 Å². The molecule has 1 N–H and O–H groups in total. The van der Waals surface area contributed by atoms with Gasteiger partial charge in [-0.25, -0.2) is 8.42 Å². The summed E-state index contributed by atoms with van der Waals surface area (Å²) in [4.78, 5) is 0.0679. The summed E-state index contributed by atoms with van der Waals surface area (Å²) >= 11 is 7.40. The average molecular weight is 339 g/mol. The van der Waals surface area contributed by atoms with Gasteiger partial charge >= 0.3 is 0 Å². The van der Waals surface area contributed by atoms with Gasteiger partial charge in [0.2, 0.25) is 0 Å². The molecule has 0 saturated heterocycles. The van der Waals surface area contributed by atoms with E-state index in [0.29, 0.717) is 5.69 Å². The first-order chi connectivity index (χ1) is 9.95. The predicted molar refractivity (Wildman–Crippen MR) is 86.6 cm³/mol. The Bertz CT molecular complexity index is 920. The molecule has 0 aliphatic rings. The first-order valence-electron chi connectivity index (χ1n) is 6.09. The van der Waals surface area contributed by atoms with Crippen LogP contribution in [0.3, 0.4) is 0 Å². The van der Waals surface area contributed by atoms with E-state index in [-0.39, 0.29) is 9.92 Å². The van der Waals surface area contributed by atoms with Crippen molar-refractivity contribution in [2.75, 3.05) is 4.72 Å². The summed E-state index contributed by atoms with van der Waals surface area (Å²) in [5.41, 5.74) is 1.39. The molecule has 108 valence electrons. The second-order valence-corrected chi connectivity index (χ2v) is 7.51. The van der Waals surface area contributed by atoms with Crippen molar-refractivity contribution in [2.45, 2.75) is 11.8 Å². The average Bonchev–Trinajstić information content (AvgIpc) is 2.85. The quantitative estimate of drug-likeness (QED) is 0.783. The fourth-order valence-electron chi connectivity index (χ4n) is 1.97. The number of hydrogen-bond acceptors (Lipinski definition) is 4. The van der Waals surface area contributed by atoms with Gasteiger partial charge in [0, 0.05) is 17.3 Å². The van der Waals surface area contributed by atoms with Crippen LogP contribution < -0.4 is 4.72 Å². The summed E-state index contributed by atoms with van der Waals surface area (Å²) in [6.07, 6.45) is 1.71. The Morgan fingerprint density at radius 2 is 2.00 bits per heavy atom. The minimum atomic E-state index is -3.71. The topological polar surface area (TPSA) is 59.1 Å². The van der Waals surface area contributed by atoms with Crippen molar-refractivity contribution in [2.24, 2.45) is 0 Å². The van der Waals surface area contributed by atoms with E-state index in [1.165, 1.54) is 17.6 Å². The van der Waals surface area contributed by atoms with Crippen molar-refractivity contribution in [3.63, 3.8) is 0 Å². The van der Waals surface area contributed by atoms with Crippen LogP contribution in [0, 0.1) is 6.92 Å². The van der Waals surface area contributed by atoms with E-state index in [1.807, 2.05) is 13.0 Å². The van der Waals surface area contributed by atoms with Gasteiger partial charge in [-0.3, -0.25) is 4.72 Å². The Morgan fingerprint density at radius 3 is 2.76 bits per heavy atom. The first-order valence-corrected chi connectivity index (χ1v) is 8.72. The highest BCUT2D eigenvalue weighted by atomic mass is 35.5. The second kappa shape index (κ2) is 5.29. The molecule has 7 heteroatoms. The van der Waals surface area contributed by atoms with Crippen molar-refractivity contribution in [1.29, 1.82) is 0 Å². The largest absolute Gasteiger partial charge is 0.280 e. The molecule has 0 unspecified atom stereocenters. The monoisotopic (exact) mass is 338 g/mol. The zero-order chi connectivity index (χ0) is 15.0. The molecule has 21 heavy (non-hydrogen) atoms. The van der Waals surface area contributed by atoms with E-state index in [9.17, 15) is 8.42 Å². The van der Waals surface area contributed by atoms with Crippen molar-refractivity contribution < 1.29 is 8.42 Å².